The summed E-state index contributed by atoms with van der Waals surface area (Å²) in [4.78, 5) is 12.5. The normalized spacial score (nSPS) is 12.9. The van der Waals surface area contributed by atoms with Gasteiger partial charge in [0.05, 0.1) is 12.7 Å². The van der Waals surface area contributed by atoms with Crippen molar-refractivity contribution in [1.82, 2.24) is 5.32 Å². The number of nitrogens with one attached hydrogen (secondary N) is 1. The van der Waals surface area contributed by atoms with Crippen molar-refractivity contribution < 1.29 is 14.6 Å². The second-order valence-electron chi connectivity index (χ2n) is 3.66. The molecule has 0 aliphatic carbocycles. The van der Waals surface area contributed by atoms with Crippen LogP contribution in [0.2, 0.25) is 0 Å². The minimum absolute atomic E-state index is 0.195. The maximum atomic E-state index is 11.4. The Kier molecular flexibility index (Phi) is 5.90. The van der Waals surface area contributed by atoms with E-state index in [2.05, 4.69) is 5.32 Å². The first-order chi connectivity index (χ1) is 8.13. The quantitative estimate of drug-likeness (QED) is 0.751. The number of aliphatic hydroxyl groups excluding tert-OH is 1. The van der Waals surface area contributed by atoms with Gasteiger partial charge in [-0.3, -0.25) is 4.79 Å². The molecule has 1 aromatic heterocycles. The van der Waals surface area contributed by atoms with Crippen LogP contribution >= 0.6 is 11.3 Å². The standard InChI is InChI=1S/C12H17NO3S/c1-9-5-6-17-11(9)3-4-12(15)13-7-10(14)8-16-2/h3-6,10,14H,7-8H2,1-2H3,(H,13,15). The molecular weight excluding hydrogens is 238 g/mol. The molecular formula is C12H17NO3S. The van der Waals surface area contributed by atoms with E-state index in [1.807, 2.05) is 18.4 Å². The predicted octanol–water partition coefficient (Wildman–Crippen LogP) is 1.19. The van der Waals surface area contributed by atoms with Gasteiger partial charge >= 0.3 is 0 Å². The summed E-state index contributed by atoms with van der Waals surface area (Å²) in [5.74, 6) is -0.215. The minimum Gasteiger partial charge on any atom is -0.389 e. The van der Waals surface area contributed by atoms with Gasteiger partial charge < -0.3 is 15.2 Å². The number of thiophene rings is 1. The summed E-state index contributed by atoms with van der Waals surface area (Å²) in [6.45, 7) is 2.41. The number of amides is 1. The van der Waals surface area contributed by atoms with Crippen molar-refractivity contribution >= 4 is 23.3 Å². The van der Waals surface area contributed by atoms with E-state index in [4.69, 9.17) is 4.74 Å². The van der Waals surface area contributed by atoms with E-state index < -0.39 is 6.10 Å². The highest BCUT2D eigenvalue weighted by Crippen LogP contribution is 2.16. The number of aryl methyl sites for hydroxylation is 1. The number of hydrogen-bond acceptors (Lipinski definition) is 4. The Hall–Kier alpha value is -1.17. The Morgan fingerprint density at radius 1 is 1.71 bits per heavy atom. The van der Waals surface area contributed by atoms with Gasteiger partial charge in [0.25, 0.3) is 0 Å². The zero-order valence-corrected chi connectivity index (χ0v) is 10.8. The fourth-order valence-corrected chi connectivity index (χ4v) is 2.05. The average Bonchev–Trinajstić information content (AvgIpc) is 2.70. The SMILES string of the molecule is COCC(O)CNC(=O)C=Cc1sccc1C. The number of hydrogen-bond donors (Lipinski definition) is 2. The van der Waals surface area contributed by atoms with E-state index in [9.17, 15) is 9.90 Å². The van der Waals surface area contributed by atoms with Crippen LogP contribution in [-0.4, -0.2) is 37.4 Å². The van der Waals surface area contributed by atoms with Crippen molar-refractivity contribution in [1.29, 1.82) is 0 Å². The number of carbonyl (C=O) groups excluding carboxylic acids is 1. The highest BCUT2D eigenvalue weighted by molar-refractivity contribution is 7.11. The third-order valence-corrected chi connectivity index (χ3v) is 3.14. The summed E-state index contributed by atoms with van der Waals surface area (Å²) in [5, 5.41) is 13.9. The fraction of sp³-hybridized carbons (Fsp3) is 0.417. The highest BCUT2D eigenvalue weighted by atomic mass is 32.1. The van der Waals surface area contributed by atoms with Gasteiger partial charge in [0.15, 0.2) is 0 Å². The summed E-state index contributed by atoms with van der Waals surface area (Å²) in [6, 6.07) is 2.00. The highest BCUT2D eigenvalue weighted by Gasteiger charge is 2.04. The molecule has 0 aliphatic heterocycles. The second-order valence-corrected chi connectivity index (χ2v) is 4.60. The summed E-state index contributed by atoms with van der Waals surface area (Å²) in [7, 11) is 1.50. The zero-order valence-electron chi connectivity index (χ0n) is 9.97. The molecule has 0 saturated heterocycles. The van der Waals surface area contributed by atoms with Crippen LogP contribution in [0.3, 0.4) is 0 Å². The molecule has 1 atom stereocenters. The lowest BCUT2D eigenvalue weighted by Crippen LogP contribution is -2.33. The largest absolute Gasteiger partial charge is 0.389 e. The molecule has 1 unspecified atom stereocenters. The molecule has 5 heteroatoms. The fourth-order valence-electron chi connectivity index (χ4n) is 1.24. The molecule has 1 aromatic rings. The first-order valence-electron chi connectivity index (χ1n) is 5.30. The van der Waals surface area contributed by atoms with Crippen LogP contribution in [-0.2, 0) is 9.53 Å². The van der Waals surface area contributed by atoms with Crippen LogP contribution in [0.5, 0.6) is 0 Å². The molecule has 0 saturated carbocycles. The molecule has 0 aromatic carbocycles. The molecule has 4 nitrogen and oxygen atoms in total. The van der Waals surface area contributed by atoms with E-state index in [1.165, 1.54) is 13.2 Å². The van der Waals surface area contributed by atoms with Gasteiger partial charge in [0.2, 0.25) is 5.91 Å². The van der Waals surface area contributed by atoms with Crippen molar-refractivity contribution in [3.05, 3.63) is 28.0 Å². The average molecular weight is 255 g/mol. The van der Waals surface area contributed by atoms with Gasteiger partial charge in [-0.2, -0.15) is 0 Å². The molecule has 1 rings (SSSR count). The van der Waals surface area contributed by atoms with Crippen LogP contribution in [0.15, 0.2) is 17.5 Å². The van der Waals surface area contributed by atoms with Gasteiger partial charge in [-0.1, -0.05) is 0 Å². The van der Waals surface area contributed by atoms with Crippen LogP contribution in [0.4, 0.5) is 0 Å². The number of rotatable bonds is 6. The van der Waals surface area contributed by atoms with Crippen LogP contribution in [0.1, 0.15) is 10.4 Å². The lowest BCUT2D eigenvalue weighted by atomic mass is 10.3. The number of carbonyl (C=O) groups is 1. The summed E-state index contributed by atoms with van der Waals surface area (Å²) in [5.41, 5.74) is 1.15. The van der Waals surface area contributed by atoms with Gasteiger partial charge in [-0.15, -0.1) is 11.3 Å². The molecule has 0 bridgehead atoms. The smallest absolute Gasteiger partial charge is 0.244 e. The Morgan fingerprint density at radius 3 is 3.06 bits per heavy atom. The van der Waals surface area contributed by atoms with Crippen molar-refractivity contribution in [2.75, 3.05) is 20.3 Å². The first kappa shape index (κ1) is 13.9. The Bertz CT molecular complexity index is 387. The zero-order chi connectivity index (χ0) is 12.7. The van der Waals surface area contributed by atoms with Gasteiger partial charge in [-0.25, -0.2) is 0 Å². The molecule has 2 N–H and O–H groups in total. The topological polar surface area (TPSA) is 58.6 Å². The molecule has 1 heterocycles. The Morgan fingerprint density at radius 2 is 2.47 bits per heavy atom. The van der Waals surface area contributed by atoms with E-state index >= 15 is 0 Å². The van der Waals surface area contributed by atoms with E-state index in [0.29, 0.717) is 0 Å². The van der Waals surface area contributed by atoms with Gasteiger partial charge in [0.1, 0.15) is 0 Å². The number of aliphatic hydroxyl groups is 1. The minimum atomic E-state index is -0.666. The van der Waals surface area contributed by atoms with E-state index in [1.54, 1.807) is 17.4 Å². The Balaban J connectivity index is 2.35. The lowest BCUT2D eigenvalue weighted by molar-refractivity contribution is -0.117. The number of ether oxygens (including phenoxy) is 1. The molecule has 94 valence electrons. The third kappa shape index (κ3) is 5.12. The lowest BCUT2D eigenvalue weighted by Gasteiger charge is -2.08. The molecule has 0 radical (unpaired) electrons. The van der Waals surface area contributed by atoms with Crippen LogP contribution in [0, 0.1) is 6.92 Å². The monoisotopic (exact) mass is 255 g/mol. The predicted molar refractivity (Wildman–Crippen MR) is 69.0 cm³/mol. The van der Waals surface area contributed by atoms with Crippen molar-refractivity contribution in [2.45, 2.75) is 13.0 Å². The molecule has 17 heavy (non-hydrogen) atoms. The number of methoxy groups -OCH3 is 1. The van der Waals surface area contributed by atoms with Crippen molar-refractivity contribution in [2.24, 2.45) is 0 Å². The van der Waals surface area contributed by atoms with E-state index in [0.717, 1.165) is 10.4 Å². The van der Waals surface area contributed by atoms with Crippen LogP contribution < -0.4 is 5.32 Å². The molecule has 0 spiro atoms. The van der Waals surface area contributed by atoms with Gasteiger partial charge in [0, 0.05) is 24.6 Å². The van der Waals surface area contributed by atoms with Crippen LogP contribution in [0.25, 0.3) is 6.08 Å². The van der Waals surface area contributed by atoms with E-state index in [-0.39, 0.29) is 19.1 Å². The Labute approximate surface area is 105 Å². The molecule has 0 fully saturated rings. The summed E-state index contributed by atoms with van der Waals surface area (Å²) >= 11 is 1.59. The van der Waals surface area contributed by atoms with Crippen molar-refractivity contribution in [3.8, 4) is 0 Å². The first-order valence-corrected chi connectivity index (χ1v) is 6.18. The molecule has 1 amide bonds. The maximum absolute atomic E-state index is 11.4. The molecule has 0 aliphatic rings. The van der Waals surface area contributed by atoms with Gasteiger partial charge in [-0.05, 0) is 30.0 Å². The third-order valence-electron chi connectivity index (χ3n) is 2.16. The second kappa shape index (κ2) is 7.21. The summed E-state index contributed by atoms with van der Waals surface area (Å²) < 4.78 is 4.75. The summed E-state index contributed by atoms with van der Waals surface area (Å²) in [6.07, 6.45) is 2.58. The maximum Gasteiger partial charge on any atom is 0.244 e. The van der Waals surface area contributed by atoms with Crippen molar-refractivity contribution in [3.63, 3.8) is 0 Å².